The van der Waals surface area contributed by atoms with Crippen LogP contribution in [-0.4, -0.2) is 43.9 Å². The highest BCUT2D eigenvalue weighted by molar-refractivity contribution is 6.22. The predicted octanol–water partition coefficient (Wildman–Crippen LogP) is 2.07. The van der Waals surface area contributed by atoms with Crippen LogP contribution in [0.15, 0.2) is 54.9 Å². The zero-order valence-electron chi connectivity index (χ0n) is 16.5. The summed E-state index contributed by atoms with van der Waals surface area (Å²) in [5, 5.41) is 10.7. The first-order chi connectivity index (χ1) is 14.6. The van der Waals surface area contributed by atoms with Gasteiger partial charge >= 0.3 is 0 Å². The van der Waals surface area contributed by atoms with Crippen molar-refractivity contribution in [2.24, 2.45) is 0 Å². The van der Waals surface area contributed by atoms with Crippen LogP contribution in [-0.2, 0) is 19.5 Å². The topological polar surface area (TPSA) is 97.2 Å². The summed E-state index contributed by atoms with van der Waals surface area (Å²) >= 11 is 0. The number of carbonyl (C=O) groups excluding carboxylic acids is 3. The van der Waals surface area contributed by atoms with Gasteiger partial charge in [0, 0.05) is 25.1 Å². The molecule has 2 aromatic carbocycles. The largest absolute Gasteiger partial charge is 0.352 e. The summed E-state index contributed by atoms with van der Waals surface area (Å²) in [6.07, 6.45) is 2.20. The minimum absolute atomic E-state index is 0.201. The quantitative estimate of drug-likeness (QED) is 0.609. The van der Waals surface area contributed by atoms with Gasteiger partial charge in [0.1, 0.15) is 12.2 Å². The van der Waals surface area contributed by atoms with Crippen molar-refractivity contribution in [1.29, 1.82) is 0 Å². The minimum atomic E-state index is -0.385. The lowest BCUT2D eigenvalue weighted by atomic mass is 10.1. The molecule has 8 nitrogen and oxygen atoms in total. The number of hydrogen-bond donors (Lipinski definition) is 1. The van der Waals surface area contributed by atoms with Crippen LogP contribution in [0.25, 0.3) is 0 Å². The monoisotopic (exact) mass is 403 g/mol. The Balaban J connectivity index is 1.44. The summed E-state index contributed by atoms with van der Waals surface area (Å²) in [6, 6.07) is 13.9. The fourth-order valence-corrected chi connectivity index (χ4v) is 3.47. The van der Waals surface area contributed by atoms with Gasteiger partial charge in [-0.2, -0.15) is 0 Å². The Morgan fingerprint density at radius 2 is 1.80 bits per heavy atom. The molecule has 0 atom stereocenters. The van der Waals surface area contributed by atoms with Gasteiger partial charge in [-0.05, 0) is 30.7 Å². The fourth-order valence-electron chi connectivity index (χ4n) is 3.47. The van der Waals surface area contributed by atoms with Crippen LogP contribution in [0.2, 0.25) is 0 Å². The maximum Gasteiger partial charge on any atom is 0.261 e. The molecule has 3 aromatic rings. The van der Waals surface area contributed by atoms with E-state index >= 15 is 0 Å². The maximum atomic E-state index is 12.8. The van der Waals surface area contributed by atoms with Gasteiger partial charge in [0.15, 0.2) is 0 Å². The molecule has 0 spiro atoms. The number of aromatic nitrogens is 3. The lowest BCUT2D eigenvalue weighted by molar-refractivity contribution is 0.0642. The molecule has 0 aliphatic carbocycles. The first kappa shape index (κ1) is 19.5. The van der Waals surface area contributed by atoms with Gasteiger partial charge in [0.05, 0.1) is 17.7 Å². The number of amides is 3. The predicted molar refractivity (Wildman–Crippen MR) is 109 cm³/mol. The molecule has 152 valence electrons. The smallest absolute Gasteiger partial charge is 0.261 e. The zero-order valence-corrected chi connectivity index (χ0v) is 16.5. The van der Waals surface area contributed by atoms with Gasteiger partial charge in [-0.15, -0.1) is 10.2 Å². The molecule has 8 heteroatoms. The van der Waals surface area contributed by atoms with Crippen LogP contribution in [0.3, 0.4) is 0 Å². The number of imide groups is 1. The van der Waals surface area contributed by atoms with E-state index in [9.17, 15) is 14.4 Å². The van der Waals surface area contributed by atoms with Crippen molar-refractivity contribution >= 4 is 17.7 Å². The SMILES string of the molecule is CCn1cnnc1CCNC(=O)c1ccc2c(c1)C(=O)N(Cc1ccccc1)C2=O. The number of nitrogens with zero attached hydrogens (tertiary/aromatic N) is 4. The molecule has 1 aliphatic rings. The fraction of sp³-hybridized carbons (Fsp3) is 0.227. The first-order valence-electron chi connectivity index (χ1n) is 9.77. The molecular weight excluding hydrogens is 382 g/mol. The number of aryl methyl sites for hydroxylation is 1. The Bertz CT molecular complexity index is 1110. The van der Waals surface area contributed by atoms with Crippen molar-refractivity contribution in [3.63, 3.8) is 0 Å². The molecule has 0 radical (unpaired) electrons. The Morgan fingerprint density at radius 1 is 1.03 bits per heavy atom. The molecule has 4 rings (SSSR count). The van der Waals surface area contributed by atoms with Crippen molar-refractivity contribution in [1.82, 2.24) is 25.0 Å². The van der Waals surface area contributed by atoms with Gasteiger partial charge < -0.3 is 9.88 Å². The summed E-state index contributed by atoms with van der Waals surface area (Å²) in [4.78, 5) is 39.2. The van der Waals surface area contributed by atoms with E-state index in [0.717, 1.165) is 17.9 Å². The summed E-state index contributed by atoms with van der Waals surface area (Å²) in [5.74, 6) is -0.236. The van der Waals surface area contributed by atoms with Gasteiger partial charge in [-0.1, -0.05) is 30.3 Å². The number of hydrogen-bond acceptors (Lipinski definition) is 5. The maximum absolute atomic E-state index is 12.8. The van der Waals surface area contributed by atoms with Crippen LogP contribution >= 0.6 is 0 Å². The van der Waals surface area contributed by atoms with E-state index < -0.39 is 0 Å². The van der Waals surface area contributed by atoms with Gasteiger partial charge in [0.25, 0.3) is 17.7 Å². The minimum Gasteiger partial charge on any atom is -0.352 e. The number of rotatable bonds is 7. The van der Waals surface area contributed by atoms with Crippen molar-refractivity contribution < 1.29 is 14.4 Å². The standard InChI is InChI=1S/C22H21N5O3/c1-2-26-14-24-25-19(26)10-11-23-20(28)16-8-9-17-18(12-16)22(30)27(21(17)29)13-15-6-4-3-5-7-15/h3-9,12,14H,2,10-11,13H2,1H3,(H,23,28). The molecule has 0 saturated heterocycles. The van der Waals surface area contributed by atoms with Crippen LogP contribution in [0.5, 0.6) is 0 Å². The van der Waals surface area contributed by atoms with Crippen LogP contribution in [0.1, 0.15) is 49.4 Å². The highest BCUT2D eigenvalue weighted by atomic mass is 16.2. The highest BCUT2D eigenvalue weighted by Gasteiger charge is 2.35. The number of fused-ring (bicyclic) bond motifs is 1. The third-order valence-electron chi connectivity index (χ3n) is 5.09. The van der Waals surface area contributed by atoms with E-state index in [-0.39, 0.29) is 29.8 Å². The molecule has 1 aromatic heterocycles. The molecule has 0 bridgehead atoms. The second-order valence-corrected chi connectivity index (χ2v) is 6.98. The van der Waals surface area contributed by atoms with Crippen LogP contribution < -0.4 is 5.32 Å². The van der Waals surface area contributed by atoms with Crippen molar-refractivity contribution in [3.8, 4) is 0 Å². The van der Waals surface area contributed by atoms with E-state index in [1.165, 1.54) is 11.0 Å². The molecule has 1 N–H and O–H groups in total. The van der Waals surface area contributed by atoms with Crippen LogP contribution in [0, 0.1) is 0 Å². The Labute approximate surface area is 173 Å². The third kappa shape index (κ3) is 3.71. The van der Waals surface area contributed by atoms with E-state index in [0.29, 0.717) is 24.1 Å². The number of benzene rings is 2. The van der Waals surface area contributed by atoms with Crippen molar-refractivity contribution in [2.75, 3.05) is 6.54 Å². The first-order valence-corrected chi connectivity index (χ1v) is 9.77. The van der Waals surface area contributed by atoms with Crippen LogP contribution in [0.4, 0.5) is 0 Å². The van der Waals surface area contributed by atoms with E-state index in [2.05, 4.69) is 15.5 Å². The number of nitrogens with one attached hydrogen (secondary N) is 1. The number of carbonyl (C=O) groups is 3. The molecule has 1 aliphatic heterocycles. The van der Waals surface area contributed by atoms with E-state index in [1.807, 2.05) is 41.8 Å². The molecule has 0 saturated carbocycles. The van der Waals surface area contributed by atoms with E-state index in [4.69, 9.17) is 0 Å². The second-order valence-electron chi connectivity index (χ2n) is 6.98. The lowest BCUT2D eigenvalue weighted by Crippen LogP contribution is -2.29. The molecule has 3 amide bonds. The third-order valence-corrected chi connectivity index (χ3v) is 5.09. The molecule has 0 unspecified atom stereocenters. The molecule has 30 heavy (non-hydrogen) atoms. The van der Waals surface area contributed by atoms with Gasteiger partial charge in [-0.25, -0.2) is 0 Å². The average Bonchev–Trinajstić information content (AvgIpc) is 3.32. The summed E-state index contributed by atoms with van der Waals surface area (Å²) in [5.41, 5.74) is 1.79. The molecule has 0 fully saturated rings. The second kappa shape index (κ2) is 8.28. The normalized spacial score (nSPS) is 12.9. The zero-order chi connectivity index (χ0) is 21.1. The average molecular weight is 403 g/mol. The summed E-state index contributed by atoms with van der Waals surface area (Å²) < 4.78 is 1.91. The lowest BCUT2D eigenvalue weighted by Gasteiger charge is -2.13. The Morgan fingerprint density at radius 3 is 2.57 bits per heavy atom. The van der Waals surface area contributed by atoms with Gasteiger partial charge in [-0.3, -0.25) is 19.3 Å². The summed E-state index contributed by atoms with van der Waals surface area (Å²) in [6.45, 7) is 3.35. The molecule has 2 heterocycles. The molecular formula is C22H21N5O3. The van der Waals surface area contributed by atoms with Crippen molar-refractivity contribution in [2.45, 2.75) is 26.4 Å². The van der Waals surface area contributed by atoms with Gasteiger partial charge in [0.2, 0.25) is 0 Å². The summed E-state index contributed by atoms with van der Waals surface area (Å²) in [7, 11) is 0. The van der Waals surface area contributed by atoms with E-state index in [1.54, 1.807) is 18.5 Å². The Hall–Kier alpha value is -3.81. The Kier molecular flexibility index (Phi) is 5.38. The van der Waals surface area contributed by atoms with Crippen molar-refractivity contribution in [3.05, 3.63) is 82.9 Å². The highest BCUT2D eigenvalue weighted by Crippen LogP contribution is 2.25.